The molecule has 0 bridgehead atoms. The average molecular weight is 383 g/mol. The third-order valence-corrected chi connectivity index (χ3v) is 6.03. The Hall–Kier alpha value is -2.04. The van der Waals surface area contributed by atoms with Crippen molar-refractivity contribution in [2.45, 2.75) is 31.7 Å². The maximum absolute atomic E-state index is 13.1. The van der Waals surface area contributed by atoms with Gasteiger partial charge in [0.1, 0.15) is 0 Å². The average Bonchev–Trinajstić information content (AvgIpc) is 3.27. The van der Waals surface area contributed by atoms with Crippen LogP contribution in [-0.2, 0) is 4.79 Å². The number of amides is 1. The molecule has 0 radical (unpaired) electrons. The smallest absolute Gasteiger partial charge is 0.267 e. The van der Waals surface area contributed by atoms with Crippen molar-refractivity contribution in [2.24, 2.45) is 4.99 Å². The SMILES string of the molecule is O=C1/C(=C/c2ccccc2Cl)SC(=Nc2ccccc2)N1C1CCCC1. The summed E-state index contributed by atoms with van der Waals surface area (Å²) in [5.41, 5.74) is 1.72. The van der Waals surface area contributed by atoms with Crippen LogP contribution in [0.2, 0.25) is 5.02 Å². The van der Waals surface area contributed by atoms with Crippen molar-refractivity contribution in [1.29, 1.82) is 0 Å². The van der Waals surface area contributed by atoms with E-state index < -0.39 is 0 Å². The molecule has 2 aromatic rings. The first-order chi connectivity index (χ1) is 12.7. The highest BCUT2D eigenvalue weighted by Gasteiger charge is 2.39. The molecule has 0 N–H and O–H groups in total. The van der Waals surface area contributed by atoms with Gasteiger partial charge in [-0.1, -0.05) is 60.8 Å². The zero-order valence-corrected chi connectivity index (χ0v) is 15.8. The van der Waals surface area contributed by atoms with E-state index in [0.29, 0.717) is 9.93 Å². The lowest BCUT2D eigenvalue weighted by molar-refractivity contribution is -0.123. The molecule has 3 nitrogen and oxygen atoms in total. The maximum Gasteiger partial charge on any atom is 0.267 e. The summed E-state index contributed by atoms with van der Waals surface area (Å²) in [4.78, 5) is 20.5. The first-order valence-corrected chi connectivity index (χ1v) is 10.0. The minimum absolute atomic E-state index is 0.0384. The van der Waals surface area contributed by atoms with Gasteiger partial charge in [0.15, 0.2) is 5.17 Å². The monoisotopic (exact) mass is 382 g/mol. The molecule has 0 unspecified atom stereocenters. The van der Waals surface area contributed by atoms with Crippen LogP contribution in [0.15, 0.2) is 64.5 Å². The number of hydrogen-bond acceptors (Lipinski definition) is 3. The van der Waals surface area contributed by atoms with Gasteiger partial charge in [-0.2, -0.15) is 0 Å². The van der Waals surface area contributed by atoms with Crippen molar-refractivity contribution < 1.29 is 4.79 Å². The van der Waals surface area contributed by atoms with E-state index >= 15 is 0 Å². The molecule has 2 aromatic carbocycles. The molecule has 132 valence electrons. The lowest BCUT2D eigenvalue weighted by atomic mass is 10.2. The molecule has 4 rings (SSSR count). The number of carbonyl (C=O) groups is 1. The molecule has 2 aliphatic rings. The Morgan fingerprint density at radius 1 is 1.04 bits per heavy atom. The molecule has 0 spiro atoms. The number of rotatable bonds is 3. The van der Waals surface area contributed by atoms with E-state index in [1.165, 1.54) is 24.6 Å². The Balaban J connectivity index is 1.72. The normalized spacial score (nSPS) is 21.3. The lowest BCUT2D eigenvalue weighted by Crippen LogP contribution is -2.37. The van der Waals surface area contributed by atoms with Crippen molar-refractivity contribution in [3.63, 3.8) is 0 Å². The fourth-order valence-electron chi connectivity index (χ4n) is 3.40. The Labute approximate surface area is 162 Å². The largest absolute Gasteiger partial charge is 0.283 e. The van der Waals surface area contributed by atoms with Crippen LogP contribution in [0.1, 0.15) is 31.2 Å². The molecule has 1 saturated heterocycles. The fraction of sp³-hybridized carbons (Fsp3) is 0.238. The van der Waals surface area contributed by atoms with Gasteiger partial charge < -0.3 is 0 Å². The van der Waals surface area contributed by atoms with Crippen LogP contribution in [0.3, 0.4) is 0 Å². The highest BCUT2D eigenvalue weighted by atomic mass is 35.5. The van der Waals surface area contributed by atoms with Crippen LogP contribution in [-0.4, -0.2) is 22.0 Å². The number of para-hydroxylation sites is 1. The molecule has 26 heavy (non-hydrogen) atoms. The summed E-state index contributed by atoms with van der Waals surface area (Å²) >= 11 is 7.71. The Kier molecular flexibility index (Phi) is 5.14. The summed E-state index contributed by atoms with van der Waals surface area (Å²) in [5, 5.41) is 1.42. The van der Waals surface area contributed by atoms with Crippen molar-refractivity contribution in [3.8, 4) is 0 Å². The van der Waals surface area contributed by atoms with E-state index in [1.54, 1.807) is 0 Å². The summed E-state index contributed by atoms with van der Waals surface area (Å²) in [6.45, 7) is 0. The van der Waals surface area contributed by atoms with Crippen LogP contribution in [0.25, 0.3) is 6.08 Å². The van der Waals surface area contributed by atoms with E-state index in [0.717, 1.165) is 29.3 Å². The van der Waals surface area contributed by atoms with E-state index in [4.69, 9.17) is 16.6 Å². The van der Waals surface area contributed by atoms with Crippen LogP contribution in [0.4, 0.5) is 5.69 Å². The quantitative estimate of drug-likeness (QED) is 0.620. The molecule has 5 heteroatoms. The number of hydrogen-bond donors (Lipinski definition) is 0. The zero-order chi connectivity index (χ0) is 17.9. The van der Waals surface area contributed by atoms with Gasteiger partial charge in [0.25, 0.3) is 5.91 Å². The Morgan fingerprint density at radius 2 is 1.73 bits per heavy atom. The second kappa shape index (κ2) is 7.68. The summed E-state index contributed by atoms with van der Waals surface area (Å²) in [6, 6.07) is 17.6. The van der Waals surface area contributed by atoms with Gasteiger partial charge >= 0.3 is 0 Å². The second-order valence-corrected chi connectivity index (χ2v) is 7.89. The molecule has 0 atom stereocenters. The highest BCUT2D eigenvalue weighted by Crippen LogP contribution is 2.39. The van der Waals surface area contributed by atoms with E-state index in [1.807, 2.05) is 65.6 Å². The predicted octanol–water partition coefficient (Wildman–Crippen LogP) is 5.89. The first-order valence-electron chi connectivity index (χ1n) is 8.84. The Bertz CT molecular complexity index is 873. The number of thioether (sulfide) groups is 1. The van der Waals surface area contributed by atoms with Gasteiger partial charge in [0.05, 0.1) is 10.6 Å². The van der Waals surface area contributed by atoms with Gasteiger partial charge in [0.2, 0.25) is 0 Å². The molecule has 1 aliphatic carbocycles. The maximum atomic E-state index is 13.1. The first kappa shape index (κ1) is 17.4. The van der Waals surface area contributed by atoms with Crippen LogP contribution >= 0.6 is 23.4 Å². The van der Waals surface area contributed by atoms with E-state index in [-0.39, 0.29) is 11.9 Å². The molecule has 1 saturated carbocycles. The zero-order valence-electron chi connectivity index (χ0n) is 14.3. The molecule has 1 aliphatic heterocycles. The van der Waals surface area contributed by atoms with Gasteiger partial charge in [0, 0.05) is 11.1 Å². The van der Waals surface area contributed by atoms with Crippen LogP contribution in [0, 0.1) is 0 Å². The number of amidine groups is 1. The molecule has 1 heterocycles. The van der Waals surface area contributed by atoms with Crippen molar-refractivity contribution in [2.75, 3.05) is 0 Å². The minimum Gasteiger partial charge on any atom is -0.283 e. The molecule has 0 aromatic heterocycles. The third-order valence-electron chi connectivity index (χ3n) is 4.70. The fourth-order valence-corrected chi connectivity index (χ4v) is 4.64. The minimum atomic E-state index is 0.0384. The summed E-state index contributed by atoms with van der Waals surface area (Å²) < 4.78 is 0. The predicted molar refractivity (Wildman–Crippen MR) is 110 cm³/mol. The van der Waals surface area contributed by atoms with Crippen molar-refractivity contribution >= 4 is 46.2 Å². The lowest BCUT2D eigenvalue weighted by Gasteiger charge is -2.22. The topological polar surface area (TPSA) is 32.7 Å². The van der Waals surface area contributed by atoms with Crippen molar-refractivity contribution in [1.82, 2.24) is 4.90 Å². The number of nitrogens with zero attached hydrogens (tertiary/aromatic N) is 2. The standard InChI is InChI=1S/C21H19ClN2OS/c22-18-13-7-4-8-15(18)14-19-20(25)24(17-11-5-6-12-17)21(26-19)23-16-9-2-1-3-10-16/h1-4,7-10,13-14,17H,5-6,11-12H2/b19-14-,23-21?. The van der Waals surface area contributed by atoms with E-state index in [2.05, 4.69) is 0 Å². The molecule has 2 fully saturated rings. The number of aliphatic imine (C=N–C) groups is 1. The Morgan fingerprint density at radius 3 is 2.46 bits per heavy atom. The van der Waals surface area contributed by atoms with Crippen molar-refractivity contribution in [3.05, 3.63) is 70.1 Å². The summed E-state index contributed by atoms with van der Waals surface area (Å²) in [7, 11) is 0. The van der Waals surface area contributed by atoms with Crippen LogP contribution in [0.5, 0.6) is 0 Å². The van der Waals surface area contributed by atoms with E-state index in [9.17, 15) is 4.79 Å². The second-order valence-electron chi connectivity index (χ2n) is 6.48. The summed E-state index contributed by atoms with van der Waals surface area (Å²) in [5.74, 6) is 0.0384. The molecular weight excluding hydrogens is 364 g/mol. The van der Waals surface area contributed by atoms with Gasteiger partial charge in [-0.15, -0.1) is 0 Å². The number of benzene rings is 2. The molecular formula is C21H19ClN2OS. The summed E-state index contributed by atoms with van der Waals surface area (Å²) in [6.07, 6.45) is 6.30. The highest BCUT2D eigenvalue weighted by molar-refractivity contribution is 8.18. The van der Waals surface area contributed by atoms with Crippen LogP contribution < -0.4 is 0 Å². The third kappa shape index (κ3) is 3.57. The number of carbonyl (C=O) groups excluding carboxylic acids is 1. The van der Waals surface area contributed by atoms with Gasteiger partial charge in [-0.05, 0) is 54.4 Å². The van der Waals surface area contributed by atoms with Gasteiger partial charge in [-0.3, -0.25) is 9.69 Å². The molecule has 1 amide bonds. The number of halogens is 1. The van der Waals surface area contributed by atoms with Gasteiger partial charge in [-0.25, -0.2) is 4.99 Å².